The van der Waals surface area contributed by atoms with E-state index in [1.807, 2.05) is 0 Å². The normalized spacial score (nSPS) is 21.2. The Balaban J connectivity index is 1.83. The van der Waals surface area contributed by atoms with Crippen LogP contribution in [0.5, 0.6) is 0 Å². The van der Waals surface area contributed by atoms with Crippen LogP contribution in [0.2, 0.25) is 0 Å². The van der Waals surface area contributed by atoms with Crippen LogP contribution in [0.1, 0.15) is 18.5 Å². The lowest BCUT2D eigenvalue weighted by Gasteiger charge is -2.32. The van der Waals surface area contributed by atoms with Crippen molar-refractivity contribution in [3.8, 4) is 0 Å². The number of hydrogen-bond acceptors (Lipinski definition) is 6. The van der Waals surface area contributed by atoms with Crippen LogP contribution in [0, 0.1) is 0 Å². The number of ether oxygens (including phenoxy) is 1. The van der Waals surface area contributed by atoms with Gasteiger partial charge < -0.3 is 9.84 Å². The highest BCUT2D eigenvalue weighted by Crippen LogP contribution is 2.41. The first kappa shape index (κ1) is 17.8. The summed E-state index contributed by atoms with van der Waals surface area (Å²) in [5, 5.41) is 15.7. The van der Waals surface area contributed by atoms with Gasteiger partial charge in [-0.05, 0) is 0 Å². The second-order valence-electron chi connectivity index (χ2n) is 5.61. The first-order valence-corrected chi connectivity index (χ1v) is 8.21. The molecule has 1 N–H and O–H groups in total. The fourth-order valence-corrected chi connectivity index (χ4v) is 3.27. The predicted molar refractivity (Wildman–Crippen MR) is 83.2 cm³/mol. The number of hydrazone groups is 1. The Kier molecular flexibility index (Phi) is 4.56. The summed E-state index contributed by atoms with van der Waals surface area (Å²) < 4.78 is 46.5. The van der Waals surface area contributed by atoms with Gasteiger partial charge in [-0.3, -0.25) is 9.20 Å². The van der Waals surface area contributed by atoms with Gasteiger partial charge in [0.05, 0.1) is 18.7 Å². The molecule has 0 saturated carbocycles. The lowest BCUT2D eigenvalue weighted by Crippen LogP contribution is -2.57. The van der Waals surface area contributed by atoms with Crippen molar-refractivity contribution in [1.29, 1.82) is 0 Å². The van der Waals surface area contributed by atoms with E-state index in [-0.39, 0.29) is 23.7 Å². The van der Waals surface area contributed by atoms with Crippen molar-refractivity contribution in [1.82, 2.24) is 14.4 Å². The number of hydrogen-bond donors (Lipinski definition) is 1. The Hall–Kier alpha value is -1.98. The number of nitrogens with zero attached hydrogens (tertiary/aromatic N) is 4. The van der Waals surface area contributed by atoms with Crippen LogP contribution in [0.3, 0.4) is 0 Å². The number of aliphatic hydroxyl groups is 1. The summed E-state index contributed by atoms with van der Waals surface area (Å²) in [7, 11) is 1.40. The predicted octanol–water partition coefficient (Wildman–Crippen LogP) is 1.81. The first-order chi connectivity index (χ1) is 11.7. The van der Waals surface area contributed by atoms with E-state index in [2.05, 4.69) is 10.1 Å². The Morgan fingerprint density at radius 3 is 2.92 bits per heavy atom. The summed E-state index contributed by atoms with van der Waals surface area (Å²) in [5.41, 5.74) is -2.98. The number of carbonyl (C=O) groups is 1. The Bertz CT molecular complexity index is 787. The standard InChI is InChI=1S/C14H15F3N4O3S/c1-24-4-2-9-7-13(23,14(15,16)17)21(19-9)11(22)6-10-8-20-3-5-25-12(20)18-10/h3,5,8,23H,2,4,6-7H2,1H3. The van der Waals surface area contributed by atoms with Crippen LogP contribution in [0.25, 0.3) is 4.96 Å². The summed E-state index contributed by atoms with van der Waals surface area (Å²) in [6.45, 7) is 0.145. The largest absolute Gasteiger partial charge is 0.438 e. The molecule has 1 aliphatic rings. The minimum absolute atomic E-state index is 0.0563. The van der Waals surface area contributed by atoms with Crippen molar-refractivity contribution in [2.45, 2.75) is 31.2 Å². The minimum atomic E-state index is -5.03. The van der Waals surface area contributed by atoms with Crippen molar-refractivity contribution in [2.24, 2.45) is 5.10 Å². The number of halogens is 3. The molecule has 7 nitrogen and oxygen atoms in total. The van der Waals surface area contributed by atoms with Crippen molar-refractivity contribution < 1.29 is 27.8 Å². The number of fused-ring (bicyclic) bond motifs is 1. The summed E-state index contributed by atoms with van der Waals surface area (Å²) in [6.07, 6.45) is -2.84. The Morgan fingerprint density at radius 1 is 1.52 bits per heavy atom. The van der Waals surface area contributed by atoms with Gasteiger partial charge >= 0.3 is 6.18 Å². The molecule has 0 fully saturated rings. The molecule has 2 aromatic rings. The van der Waals surface area contributed by atoms with Crippen molar-refractivity contribution in [3.63, 3.8) is 0 Å². The van der Waals surface area contributed by atoms with E-state index < -0.39 is 30.7 Å². The van der Waals surface area contributed by atoms with Gasteiger partial charge in [-0.1, -0.05) is 0 Å². The fraction of sp³-hybridized carbons (Fsp3) is 0.500. The highest BCUT2D eigenvalue weighted by molar-refractivity contribution is 7.15. The summed E-state index contributed by atoms with van der Waals surface area (Å²) >= 11 is 1.34. The van der Waals surface area contributed by atoms with E-state index in [0.29, 0.717) is 10.7 Å². The van der Waals surface area contributed by atoms with Crippen molar-refractivity contribution in [3.05, 3.63) is 23.5 Å². The zero-order chi connectivity index (χ0) is 18.2. The lowest BCUT2D eigenvalue weighted by atomic mass is 10.0. The number of aromatic nitrogens is 2. The molecule has 0 spiro atoms. The number of carbonyl (C=O) groups excluding carboxylic acids is 1. The Labute approximate surface area is 144 Å². The van der Waals surface area contributed by atoms with Gasteiger partial charge in [-0.15, -0.1) is 11.3 Å². The van der Waals surface area contributed by atoms with Gasteiger partial charge in [-0.2, -0.15) is 23.3 Å². The quantitative estimate of drug-likeness (QED) is 0.863. The molecule has 3 rings (SSSR count). The Morgan fingerprint density at radius 2 is 2.28 bits per heavy atom. The molecule has 1 unspecified atom stereocenters. The molecule has 1 aliphatic heterocycles. The van der Waals surface area contributed by atoms with Crippen LogP contribution in [-0.2, 0) is 16.0 Å². The smallest absolute Gasteiger partial charge is 0.384 e. The molecule has 1 amide bonds. The molecule has 11 heteroatoms. The van der Waals surface area contributed by atoms with E-state index in [4.69, 9.17) is 4.74 Å². The topological polar surface area (TPSA) is 79.4 Å². The molecular weight excluding hydrogens is 361 g/mol. The summed E-state index contributed by atoms with van der Waals surface area (Å²) in [6, 6.07) is 0. The van der Waals surface area contributed by atoms with Gasteiger partial charge in [0.25, 0.3) is 11.6 Å². The van der Waals surface area contributed by atoms with Crippen molar-refractivity contribution >= 4 is 27.9 Å². The second kappa shape index (κ2) is 6.39. The number of methoxy groups -OCH3 is 1. The minimum Gasteiger partial charge on any atom is -0.384 e. The van der Waals surface area contributed by atoms with Crippen molar-refractivity contribution in [2.75, 3.05) is 13.7 Å². The molecule has 0 aliphatic carbocycles. The van der Waals surface area contributed by atoms with Crippen LogP contribution >= 0.6 is 11.3 Å². The third-order valence-corrected chi connectivity index (χ3v) is 4.57. The maximum Gasteiger partial charge on any atom is 0.438 e. The first-order valence-electron chi connectivity index (χ1n) is 7.33. The van der Waals surface area contributed by atoms with E-state index >= 15 is 0 Å². The molecular formula is C14H15F3N4O3S. The molecule has 0 saturated heterocycles. The van der Waals surface area contributed by atoms with Gasteiger partial charge in [0, 0.05) is 43.4 Å². The molecule has 0 bridgehead atoms. The SMILES string of the molecule is COCCC1=NN(C(=O)Cc2cn3ccsc3n2)C(O)(C(F)(F)F)C1. The summed E-state index contributed by atoms with van der Waals surface area (Å²) in [4.78, 5) is 17.2. The van der Waals surface area contributed by atoms with Crippen LogP contribution in [-0.4, -0.2) is 56.7 Å². The lowest BCUT2D eigenvalue weighted by molar-refractivity contribution is -0.302. The van der Waals surface area contributed by atoms with Crippen LogP contribution in [0.15, 0.2) is 22.9 Å². The van der Waals surface area contributed by atoms with E-state index in [0.717, 1.165) is 0 Å². The number of thiazole rings is 1. The fourth-order valence-electron chi connectivity index (χ4n) is 2.55. The third-order valence-electron chi connectivity index (χ3n) is 3.80. The van der Waals surface area contributed by atoms with Crippen LogP contribution < -0.4 is 0 Å². The molecule has 25 heavy (non-hydrogen) atoms. The zero-order valence-corrected chi connectivity index (χ0v) is 14.0. The molecule has 2 aromatic heterocycles. The highest BCUT2D eigenvalue weighted by Gasteiger charge is 2.62. The number of alkyl halides is 3. The van der Waals surface area contributed by atoms with E-state index in [9.17, 15) is 23.1 Å². The molecule has 1 atom stereocenters. The maximum atomic E-state index is 13.3. The highest BCUT2D eigenvalue weighted by atomic mass is 32.1. The molecule has 136 valence electrons. The second-order valence-corrected chi connectivity index (χ2v) is 6.48. The zero-order valence-electron chi connectivity index (χ0n) is 13.2. The van der Waals surface area contributed by atoms with E-state index in [1.54, 1.807) is 22.2 Å². The monoisotopic (exact) mass is 376 g/mol. The number of imidazole rings is 1. The average molecular weight is 376 g/mol. The van der Waals surface area contributed by atoms with Crippen LogP contribution in [0.4, 0.5) is 13.2 Å². The van der Waals surface area contributed by atoms with Gasteiger partial charge in [-0.25, -0.2) is 4.98 Å². The van der Waals surface area contributed by atoms with Gasteiger partial charge in [0.1, 0.15) is 0 Å². The average Bonchev–Trinajstić information content (AvgIpc) is 3.17. The molecule has 0 aromatic carbocycles. The number of amides is 1. The van der Waals surface area contributed by atoms with E-state index in [1.165, 1.54) is 18.4 Å². The summed E-state index contributed by atoms with van der Waals surface area (Å²) in [5.74, 6) is -0.974. The maximum absolute atomic E-state index is 13.3. The van der Waals surface area contributed by atoms with Gasteiger partial charge in [0.2, 0.25) is 0 Å². The molecule has 0 radical (unpaired) electrons. The number of rotatable bonds is 5. The molecule has 3 heterocycles. The van der Waals surface area contributed by atoms with Gasteiger partial charge in [0.15, 0.2) is 4.96 Å². The third kappa shape index (κ3) is 3.26.